The second-order valence-corrected chi connectivity index (χ2v) is 7.64. The van der Waals surface area contributed by atoms with Gasteiger partial charge in [-0.2, -0.15) is 11.3 Å². The first kappa shape index (κ1) is 18.8. The zero-order valence-electron chi connectivity index (χ0n) is 15.5. The van der Waals surface area contributed by atoms with Crippen LogP contribution in [-0.2, 0) is 11.2 Å². The van der Waals surface area contributed by atoms with Crippen LogP contribution >= 0.6 is 11.3 Å². The maximum Gasteiger partial charge on any atom is 0.220 e. The van der Waals surface area contributed by atoms with Crippen molar-refractivity contribution in [3.05, 3.63) is 46.2 Å². The smallest absolute Gasteiger partial charge is 0.220 e. The van der Waals surface area contributed by atoms with Gasteiger partial charge in [-0.3, -0.25) is 4.79 Å². The van der Waals surface area contributed by atoms with Crippen LogP contribution in [0.2, 0.25) is 0 Å². The second kappa shape index (κ2) is 9.08. The summed E-state index contributed by atoms with van der Waals surface area (Å²) in [5.74, 6) is 1.59. The Morgan fingerprint density at radius 1 is 1.27 bits per heavy atom. The molecule has 1 atom stereocenters. The molecule has 0 bridgehead atoms. The third-order valence-electron chi connectivity index (χ3n) is 4.88. The summed E-state index contributed by atoms with van der Waals surface area (Å²) in [6, 6.07) is 7.93. The van der Waals surface area contributed by atoms with Crippen LogP contribution in [0.25, 0.3) is 0 Å². The van der Waals surface area contributed by atoms with E-state index in [0.29, 0.717) is 12.5 Å². The first-order valence-electron chi connectivity index (χ1n) is 9.30. The van der Waals surface area contributed by atoms with Crippen LogP contribution in [0.3, 0.4) is 0 Å². The number of hydrogen-bond acceptors (Lipinski definition) is 4. The van der Waals surface area contributed by atoms with Crippen molar-refractivity contribution in [2.45, 2.75) is 57.6 Å². The molecule has 0 saturated heterocycles. The third kappa shape index (κ3) is 5.01. The Morgan fingerprint density at radius 3 is 2.77 bits per heavy atom. The Kier molecular flexibility index (Phi) is 6.56. The zero-order chi connectivity index (χ0) is 18.4. The summed E-state index contributed by atoms with van der Waals surface area (Å²) in [4.78, 5) is 12.2. The van der Waals surface area contributed by atoms with Gasteiger partial charge in [0.15, 0.2) is 11.5 Å². The highest BCUT2D eigenvalue weighted by Gasteiger charge is 2.19. The summed E-state index contributed by atoms with van der Waals surface area (Å²) in [6.07, 6.45) is 6.27. The highest BCUT2D eigenvalue weighted by molar-refractivity contribution is 7.07. The number of carbonyl (C=O) groups is 1. The number of carbonyl (C=O) groups excluding carboxylic acids is 1. The van der Waals surface area contributed by atoms with Crippen molar-refractivity contribution in [2.75, 3.05) is 7.11 Å². The SMILES string of the molecule is COc1cc(C(C)NC(=O)CCc2ccsc2)ccc1OC1CCCC1. The van der Waals surface area contributed by atoms with Crippen molar-refractivity contribution in [2.24, 2.45) is 0 Å². The molecule has 1 aliphatic carbocycles. The van der Waals surface area contributed by atoms with Gasteiger partial charge in [-0.1, -0.05) is 6.07 Å². The zero-order valence-corrected chi connectivity index (χ0v) is 16.3. The molecule has 0 aliphatic heterocycles. The fourth-order valence-electron chi connectivity index (χ4n) is 3.33. The predicted molar refractivity (Wildman–Crippen MR) is 105 cm³/mol. The number of thiophene rings is 1. The molecule has 3 rings (SSSR count). The molecule has 1 aromatic carbocycles. The number of nitrogens with one attached hydrogen (secondary N) is 1. The molecule has 1 heterocycles. The standard InChI is InChI=1S/C21H27NO3S/c1-15(22-21(23)10-7-16-11-12-26-14-16)17-8-9-19(20(13-17)24-2)25-18-5-3-4-6-18/h8-9,11-15,18H,3-7,10H2,1-2H3,(H,22,23). The van der Waals surface area contributed by atoms with Gasteiger partial charge in [-0.25, -0.2) is 0 Å². The van der Waals surface area contributed by atoms with E-state index in [1.165, 1.54) is 18.4 Å². The molecule has 1 aromatic heterocycles. The number of hydrogen-bond donors (Lipinski definition) is 1. The number of aryl methyl sites for hydroxylation is 1. The van der Waals surface area contributed by atoms with E-state index in [1.807, 2.05) is 30.5 Å². The second-order valence-electron chi connectivity index (χ2n) is 6.86. The fraction of sp³-hybridized carbons (Fsp3) is 0.476. The summed E-state index contributed by atoms with van der Waals surface area (Å²) < 4.78 is 11.6. The van der Waals surface area contributed by atoms with Crippen LogP contribution in [0.15, 0.2) is 35.0 Å². The molecule has 1 aliphatic rings. The average molecular weight is 374 g/mol. The monoisotopic (exact) mass is 373 g/mol. The minimum absolute atomic E-state index is 0.0638. The average Bonchev–Trinajstić information content (AvgIpc) is 3.34. The van der Waals surface area contributed by atoms with Gasteiger partial charge in [0.1, 0.15) is 0 Å². The van der Waals surface area contributed by atoms with E-state index < -0.39 is 0 Å². The number of amides is 1. The van der Waals surface area contributed by atoms with Gasteiger partial charge in [-0.15, -0.1) is 0 Å². The van der Waals surface area contributed by atoms with Crippen molar-refractivity contribution in [1.82, 2.24) is 5.32 Å². The summed E-state index contributed by atoms with van der Waals surface area (Å²) in [6.45, 7) is 1.99. The molecule has 140 valence electrons. The molecule has 1 amide bonds. The van der Waals surface area contributed by atoms with E-state index in [9.17, 15) is 4.79 Å². The topological polar surface area (TPSA) is 47.6 Å². The lowest BCUT2D eigenvalue weighted by atomic mass is 10.1. The predicted octanol–water partition coefficient (Wildman–Crippen LogP) is 4.89. The van der Waals surface area contributed by atoms with Crippen molar-refractivity contribution in [1.29, 1.82) is 0 Å². The highest BCUT2D eigenvalue weighted by Crippen LogP contribution is 2.33. The largest absolute Gasteiger partial charge is 0.493 e. The molecule has 4 nitrogen and oxygen atoms in total. The third-order valence-corrected chi connectivity index (χ3v) is 5.61. The lowest BCUT2D eigenvalue weighted by Gasteiger charge is -2.19. The molecule has 2 aromatic rings. The highest BCUT2D eigenvalue weighted by atomic mass is 32.1. The number of ether oxygens (including phenoxy) is 2. The van der Waals surface area contributed by atoms with Gasteiger partial charge in [-0.05, 0) is 79.1 Å². The van der Waals surface area contributed by atoms with E-state index in [4.69, 9.17) is 9.47 Å². The van der Waals surface area contributed by atoms with E-state index >= 15 is 0 Å². The molecule has 26 heavy (non-hydrogen) atoms. The first-order valence-corrected chi connectivity index (χ1v) is 10.2. The molecule has 1 unspecified atom stereocenters. The normalized spacial score (nSPS) is 15.6. The Hall–Kier alpha value is -2.01. The Morgan fingerprint density at radius 2 is 2.08 bits per heavy atom. The molecule has 0 spiro atoms. The Labute approximate surface area is 159 Å². The quantitative estimate of drug-likeness (QED) is 0.717. The molecule has 1 fully saturated rings. The van der Waals surface area contributed by atoms with Crippen LogP contribution in [0.1, 0.15) is 56.2 Å². The lowest BCUT2D eigenvalue weighted by Crippen LogP contribution is -2.26. The van der Waals surface area contributed by atoms with Crippen LogP contribution in [0.5, 0.6) is 11.5 Å². The number of methoxy groups -OCH3 is 1. The van der Waals surface area contributed by atoms with E-state index in [2.05, 4.69) is 16.8 Å². The van der Waals surface area contributed by atoms with Crippen molar-refractivity contribution in [3.8, 4) is 11.5 Å². The summed E-state index contributed by atoms with van der Waals surface area (Å²) >= 11 is 1.66. The number of rotatable bonds is 8. The molecule has 0 radical (unpaired) electrons. The van der Waals surface area contributed by atoms with Crippen LogP contribution in [-0.4, -0.2) is 19.1 Å². The molecule has 1 N–H and O–H groups in total. The van der Waals surface area contributed by atoms with Gasteiger partial charge in [0, 0.05) is 6.42 Å². The van der Waals surface area contributed by atoms with Crippen LogP contribution in [0, 0.1) is 0 Å². The van der Waals surface area contributed by atoms with Gasteiger partial charge in [0.05, 0.1) is 19.3 Å². The molecular weight excluding hydrogens is 346 g/mol. The number of benzene rings is 1. The Balaban J connectivity index is 1.57. The van der Waals surface area contributed by atoms with Gasteiger partial charge < -0.3 is 14.8 Å². The van der Waals surface area contributed by atoms with Crippen LogP contribution < -0.4 is 14.8 Å². The van der Waals surface area contributed by atoms with E-state index in [1.54, 1.807) is 18.4 Å². The van der Waals surface area contributed by atoms with Gasteiger partial charge >= 0.3 is 0 Å². The minimum atomic E-state index is -0.0700. The molecular formula is C21H27NO3S. The Bertz CT molecular complexity index is 708. The van der Waals surface area contributed by atoms with Crippen LogP contribution in [0.4, 0.5) is 0 Å². The van der Waals surface area contributed by atoms with Crippen molar-refractivity contribution >= 4 is 17.2 Å². The lowest BCUT2D eigenvalue weighted by molar-refractivity contribution is -0.121. The van der Waals surface area contributed by atoms with Crippen molar-refractivity contribution < 1.29 is 14.3 Å². The molecule has 5 heteroatoms. The van der Waals surface area contributed by atoms with Crippen molar-refractivity contribution in [3.63, 3.8) is 0 Å². The van der Waals surface area contributed by atoms with Gasteiger partial charge in [0.2, 0.25) is 5.91 Å². The maximum absolute atomic E-state index is 12.2. The van der Waals surface area contributed by atoms with Gasteiger partial charge in [0.25, 0.3) is 0 Å². The molecule has 1 saturated carbocycles. The van der Waals surface area contributed by atoms with E-state index in [-0.39, 0.29) is 11.9 Å². The fourth-order valence-corrected chi connectivity index (χ4v) is 4.03. The first-order chi connectivity index (χ1) is 12.7. The maximum atomic E-state index is 12.2. The summed E-state index contributed by atoms with van der Waals surface area (Å²) in [5.41, 5.74) is 2.23. The van der Waals surface area contributed by atoms with E-state index in [0.717, 1.165) is 36.3 Å². The summed E-state index contributed by atoms with van der Waals surface area (Å²) in [5, 5.41) is 7.20. The minimum Gasteiger partial charge on any atom is -0.493 e. The summed E-state index contributed by atoms with van der Waals surface area (Å²) in [7, 11) is 1.66.